The molecule has 272 valence electrons. The van der Waals surface area contributed by atoms with Crippen LogP contribution in [0.5, 0.6) is 0 Å². The van der Waals surface area contributed by atoms with Crippen molar-refractivity contribution >= 4 is 70.1 Å². The zero-order valence-corrected chi connectivity index (χ0v) is 32.5. The molecule has 10 aromatic carbocycles. The van der Waals surface area contributed by atoms with E-state index in [-0.39, 0.29) is 0 Å². The first-order valence-electron chi connectivity index (χ1n) is 19.8. The molecule has 11 rings (SSSR count). The average molecular weight is 756 g/mol. The van der Waals surface area contributed by atoms with E-state index in [9.17, 15) is 0 Å². The molecule has 0 saturated carbocycles. The molecule has 0 atom stereocenters. The van der Waals surface area contributed by atoms with Crippen molar-refractivity contribution in [3.63, 3.8) is 0 Å². The normalized spacial score (nSPS) is 11.4. The average Bonchev–Trinajstić information content (AvgIpc) is 3.67. The largest absolute Gasteiger partial charge is 0.310 e. The standard InChI is InChI=1S/C56H37NS/c1-2-12-42-35-45(23-22-38(42)10-1)44-15-7-14-43(34-44)39-24-29-48(30-25-39)57(50-17-8-16-47(36-50)52-20-9-13-41-11-3-4-18-51(41)52)49-31-26-40(27-32-49)46-28-33-54-53-19-5-6-21-55(53)58-56(54)37-46/h1-37H. The third-order valence-corrected chi connectivity index (χ3v) is 12.6. The molecule has 0 N–H and O–H groups in total. The lowest BCUT2D eigenvalue weighted by Gasteiger charge is -2.26. The van der Waals surface area contributed by atoms with Crippen LogP contribution in [-0.2, 0) is 0 Å². The lowest BCUT2D eigenvalue weighted by molar-refractivity contribution is 1.28. The Morgan fingerprint density at radius 2 is 0.793 bits per heavy atom. The van der Waals surface area contributed by atoms with Gasteiger partial charge in [0.05, 0.1) is 0 Å². The van der Waals surface area contributed by atoms with Gasteiger partial charge in [-0.1, -0.05) is 164 Å². The molecule has 2 heteroatoms. The first-order valence-corrected chi connectivity index (χ1v) is 20.6. The van der Waals surface area contributed by atoms with Gasteiger partial charge in [0.1, 0.15) is 0 Å². The first kappa shape index (κ1) is 34.0. The van der Waals surface area contributed by atoms with Gasteiger partial charge in [-0.15, -0.1) is 11.3 Å². The van der Waals surface area contributed by atoms with Gasteiger partial charge in [0.2, 0.25) is 0 Å². The van der Waals surface area contributed by atoms with Gasteiger partial charge in [0, 0.05) is 37.2 Å². The van der Waals surface area contributed by atoms with Gasteiger partial charge in [-0.05, 0) is 127 Å². The van der Waals surface area contributed by atoms with Crippen molar-refractivity contribution in [1.82, 2.24) is 0 Å². The maximum atomic E-state index is 2.38. The van der Waals surface area contributed by atoms with E-state index in [0.29, 0.717) is 0 Å². The number of benzene rings is 10. The molecule has 0 aliphatic heterocycles. The Morgan fingerprint density at radius 1 is 0.259 bits per heavy atom. The van der Waals surface area contributed by atoms with Crippen LogP contribution in [0.2, 0.25) is 0 Å². The van der Waals surface area contributed by atoms with Crippen molar-refractivity contribution in [3.05, 3.63) is 224 Å². The summed E-state index contributed by atoms with van der Waals surface area (Å²) in [5.41, 5.74) is 13.0. The first-order chi connectivity index (χ1) is 28.7. The summed E-state index contributed by atoms with van der Waals surface area (Å²) in [6.07, 6.45) is 0. The van der Waals surface area contributed by atoms with Gasteiger partial charge < -0.3 is 4.90 Å². The number of fused-ring (bicyclic) bond motifs is 5. The Kier molecular flexibility index (Phi) is 8.42. The minimum Gasteiger partial charge on any atom is -0.310 e. The molecule has 0 aliphatic rings. The van der Waals surface area contributed by atoms with Gasteiger partial charge in [-0.25, -0.2) is 0 Å². The van der Waals surface area contributed by atoms with E-state index in [1.54, 1.807) is 0 Å². The van der Waals surface area contributed by atoms with Crippen LogP contribution in [0.4, 0.5) is 17.1 Å². The van der Waals surface area contributed by atoms with Gasteiger partial charge >= 0.3 is 0 Å². The second-order valence-corrected chi connectivity index (χ2v) is 16.0. The van der Waals surface area contributed by atoms with Crippen molar-refractivity contribution in [2.45, 2.75) is 0 Å². The second-order valence-electron chi connectivity index (χ2n) is 15.0. The van der Waals surface area contributed by atoms with Crippen LogP contribution >= 0.6 is 11.3 Å². The molecule has 0 unspecified atom stereocenters. The Balaban J connectivity index is 0.975. The number of thiophene rings is 1. The molecule has 0 spiro atoms. The summed E-state index contributed by atoms with van der Waals surface area (Å²) in [4.78, 5) is 2.38. The predicted molar refractivity (Wildman–Crippen MR) is 251 cm³/mol. The molecule has 58 heavy (non-hydrogen) atoms. The van der Waals surface area contributed by atoms with E-state index in [2.05, 4.69) is 229 Å². The van der Waals surface area contributed by atoms with Crippen molar-refractivity contribution < 1.29 is 0 Å². The van der Waals surface area contributed by atoms with E-state index >= 15 is 0 Å². The zero-order valence-electron chi connectivity index (χ0n) is 31.7. The van der Waals surface area contributed by atoms with E-state index in [4.69, 9.17) is 0 Å². The Bertz CT molecular complexity index is 3280. The highest BCUT2D eigenvalue weighted by molar-refractivity contribution is 7.25. The minimum absolute atomic E-state index is 1.10. The Hall–Kier alpha value is -7.26. The summed E-state index contributed by atoms with van der Waals surface area (Å²) in [5.74, 6) is 0. The van der Waals surface area contributed by atoms with Gasteiger partial charge in [0.15, 0.2) is 0 Å². The van der Waals surface area contributed by atoms with Gasteiger partial charge in [0.25, 0.3) is 0 Å². The summed E-state index contributed by atoms with van der Waals surface area (Å²) in [6.45, 7) is 0. The van der Waals surface area contributed by atoms with E-state index in [0.717, 1.165) is 17.1 Å². The molecule has 0 saturated heterocycles. The highest BCUT2D eigenvalue weighted by Crippen LogP contribution is 2.41. The van der Waals surface area contributed by atoms with Gasteiger partial charge in [-0.3, -0.25) is 0 Å². The van der Waals surface area contributed by atoms with Crippen LogP contribution < -0.4 is 4.90 Å². The van der Waals surface area contributed by atoms with Gasteiger partial charge in [-0.2, -0.15) is 0 Å². The van der Waals surface area contributed by atoms with Crippen LogP contribution in [-0.4, -0.2) is 0 Å². The molecule has 0 amide bonds. The Morgan fingerprint density at radius 3 is 1.59 bits per heavy atom. The van der Waals surface area contributed by atoms with Crippen molar-refractivity contribution in [2.75, 3.05) is 4.90 Å². The third kappa shape index (κ3) is 6.21. The molecule has 1 nitrogen and oxygen atoms in total. The highest BCUT2D eigenvalue weighted by Gasteiger charge is 2.16. The van der Waals surface area contributed by atoms with Crippen LogP contribution in [0.1, 0.15) is 0 Å². The topological polar surface area (TPSA) is 3.24 Å². The van der Waals surface area contributed by atoms with E-state index < -0.39 is 0 Å². The van der Waals surface area contributed by atoms with E-state index in [1.807, 2.05) is 11.3 Å². The summed E-state index contributed by atoms with van der Waals surface area (Å²) < 4.78 is 2.65. The lowest BCUT2D eigenvalue weighted by Crippen LogP contribution is -2.10. The monoisotopic (exact) mass is 755 g/mol. The molecular formula is C56H37NS. The number of hydrogen-bond donors (Lipinski definition) is 0. The van der Waals surface area contributed by atoms with E-state index in [1.165, 1.54) is 86.2 Å². The number of anilines is 3. The number of hydrogen-bond acceptors (Lipinski definition) is 2. The molecular weight excluding hydrogens is 719 g/mol. The Labute approximate surface area is 342 Å². The smallest absolute Gasteiger partial charge is 0.0467 e. The molecule has 1 heterocycles. The second kappa shape index (κ2) is 14.4. The zero-order chi connectivity index (χ0) is 38.4. The van der Waals surface area contributed by atoms with Crippen molar-refractivity contribution in [1.29, 1.82) is 0 Å². The fourth-order valence-corrected chi connectivity index (χ4v) is 9.64. The fraction of sp³-hybridized carbons (Fsp3) is 0. The highest BCUT2D eigenvalue weighted by atomic mass is 32.1. The molecule has 0 aliphatic carbocycles. The van der Waals surface area contributed by atoms with Crippen molar-refractivity contribution in [2.24, 2.45) is 0 Å². The number of nitrogens with zero attached hydrogens (tertiary/aromatic N) is 1. The summed E-state index contributed by atoms with van der Waals surface area (Å²) in [7, 11) is 0. The summed E-state index contributed by atoms with van der Waals surface area (Å²) in [6, 6.07) is 82.0. The van der Waals surface area contributed by atoms with Crippen molar-refractivity contribution in [3.8, 4) is 44.5 Å². The van der Waals surface area contributed by atoms with Crippen LogP contribution in [0.25, 0.3) is 86.2 Å². The maximum absolute atomic E-state index is 2.38. The molecule has 0 bridgehead atoms. The third-order valence-electron chi connectivity index (χ3n) is 11.4. The fourth-order valence-electron chi connectivity index (χ4n) is 8.50. The molecule has 0 radical (unpaired) electrons. The van der Waals surface area contributed by atoms with Crippen LogP contribution in [0, 0.1) is 0 Å². The van der Waals surface area contributed by atoms with Crippen LogP contribution in [0.3, 0.4) is 0 Å². The molecule has 0 fully saturated rings. The SMILES string of the molecule is c1cc(-c2ccc(N(c3ccc(-c4ccc5c(c4)sc4ccccc45)cc3)c3cccc(-c4cccc5ccccc45)c3)cc2)cc(-c2ccc3ccccc3c2)c1. The molecule has 11 aromatic rings. The lowest BCUT2D eigenvalue weighted by atomic mass is 9.97. The predicted octanol–water partition coefficient (Wildman–Crippen LogP) is 16.5. The summed E-state index contributed by atoms with van der Waals surface area (Å²) >= 11 is 1.86. The van der Waals surface area contributed by atoms with Crippen LogP contribution in [0.15, 0.2) is 224 Å². The summed E-state index contributed by atoms with van der Waals surface area (Å²) in [5, 5.41) is 7.66. The quantitative estimate of drug-likeness (QED) is 0.157. The number of rotatable bonds is 7. The minimum atomic E-state index is 1.10. The maximum Gasteiger partial charge on any atom is 0.0467 e. The molecule has 1 aromatic heterocycles.